The fourth-order valence-electron chi connectivity index (χ4n) is 1.97. The number of hydrogen-bond acceptors (Lipinski definition) is 3. The molecule has 3 nitrogen and oxygen atoms in total. The van der Waals surface area contributed by atoms with Crippen molar-refractivity contribution >= 4 is 17.1 Å². The van der Waals surface area contributed by atoms with Gasteiger partial charge < -0.3 is 4.84 Å². The molecule has 0 spiro atoms. The number of benzene rings is 2. The molecule has 2 aromatic rings. The highest BCUT2D eigenvalue weighted by molar-refractivity contribution is 5.84. The maximum absolute atomic E-state index is 11.1. The Bertz CT molecular complexity index is 539. The molecule has 0 saturated carbocycles. The van der Waals surface area contributed by atoms with Crippen molar-refractivity contribution in [3.8, 4) is 0 Å². The molecule has 1 unspecified atom stereocenters. The molecule has 0 aliphatic carbocycles. The van der Waals surface area contributed by atoms with Crippen molar-refractivity contribution in [1.82, 2.24) is 5.06 Å². The van der Waals surface area contributed by atoms with Crippen LogP contribution in [0.1, 0.15) is 11.5 Å². The third kappa shape index (κ3) is 2.75. The molecule has 0 heterocycles. The zero-order chi connectivity index (χ0) is 13.0. The average molecular weight is 242 g/mol. The minimum Gasteiger partial charge on any atom is -0.303 e. The Kier molecular flexibility index (Phi) is 4.07. The van der Waals surface area contributed by atoms with Gasteiger partial charge in [0, 0.05) is 13.6 Å². The molecule has 2 aromatic carbocycles. The summed E-state index contributed by atoms with van der Waals surface area (Å²) >= 11 is 0. The monoisotopic (exact) mass is 242 g/mol. The third-order valence-corrected chi connectivity index (χ3v) is 3.07. The molecule has 0 aliphatic heterocycles. The summed E-state index contributed by atoms with van der Waals surface area (Å²) in [6.45, 7) is 0.498. The van der Waals surface area contributed by atoms with Crippen molar-refractivity contribution in [3.63, 3.8) is 0 Å². The number of carbonyl (C=O) groups excluding carboxylic acids is 1. The molecule has 2 rings (SSSR count). The number of nitrogens with zero attached hydrogens (tertiary/aromatic N) is 1. The van der Waals surface area contributed by atoms with E-state index >= 15 is 0 Å². The first-order chi connectivity index (χ1) is 8.74. The molecule has 1 radical (unpaired) electrons. The molecule has 18 heavy (non-hydrogen) atoms. The second-order valence-electron chi connectivity index (χ2n) is 4.27. The van der Waals surface area contributed by atoms with Crippen LogP contribution in [0.5, 0.6) is 0 Å². The minimum atomic E-state index is -0.292. The van der Waals surface area contributed by atoms with Gasteiger partial charge in [-0.3, -0.25) is 4.79 Å². The Morgan fingerprint density at radius 2 is 1.94 bits per heavy atom. The molecule has 0 aliphatic rings. The van der Waals surface area contributed by atoms with Gasteiger partial charge in [-0.15, -0.1) is 0 Å². The van der Waals surface area contributed by atoms with Crippen LogP contribution in [-0.4, -0.2) is 32.1 Å². The molecule has 0 N–H and O–H groups in total. The van der Waals surface area contributed by atoms with Crippen molar-refractivity contribution in [1.29, 1.82) is 0 Å². The third-order valence-electron chi connectivity index (χ3n) is 3.07. The Morgan fingerprint density at radius 1 is 1.22 bits per heavy atom. The Hall–Kier alpha value is -1.71. The van der Waals surface area contributed by atoms with Gasteiger partial charge in [0.1, 0.15) is 0 Å². The van der Waals surface area contributed by atoms with Crippen LogP contribution in [0.3, 0.4) is 0 Å². The van der Waals surface area contributed by atoms with E-state index in [0.29, 0.717) is 6.54 Å². The molecule has 0 saturated heterocycles. The second kappa shape index (κ2) is 5.76. The summed E-state index contributed by atoms with van der Waals surface area (Å²) in [4.78, 5) is 16.1. The lowest BCUT2D eigenvalue weighted by Gasteiger charge is -2.18. The highest BCUT2D eigenvalue weighted by atomic mass is 16.7. The SMILES string of the molecule is CON(C)CC([C]=O)c1ccc2ccccc2c1. The number of fused-ring (bicyclic) bond motifs is 1. The molecule has 0 fully saturated rings. The van der Waals surface area contributed by atoms with Gasteiger partial charge >= 0.3 is 0 Å². The Morgan fingerprint density at radius 3 is 2.61 bits per heavy atom. The van der Waals surface area contributed by atoms with Gasteiger partial charge in [0.15, 0.2) is 0 Å². The number of likely N-dealkylation sites (N-methyl/N-ethyl adjacent to an activating group) is 1. The van der Waals surface area contributed by atoms with Gasteiger partial charge in [-0.25, -0.2) is 0 Å². The van der Waals surface area contributed by atoms with Gasteiger partial charge in [-0.1, -0.05) is 42.5 Å². The standard InChI is InChI=1S/C15H16NO2/c1-16(18-2)10-15(11-17)14-8-7-12-5-3-4-6-13(12)9-14/h3-9,15H,10H2,1-2H3. The predicted octanol–water partition coefficient (Wildman–Crippen LogP) is 2.53. The summed E-state index contributed by atoms with van der Waals surface area (Å²) in [6.07, 6.45) is 2.08. The van der Waals surface area contributed by atoms with Crippen molar-refractivity contribution < 1.29 is 9.63 Å². The molecule has 3 heteroatoms. The molecule has 0 bridgehead atoms. The zero-order valence-electron chi connectivity index (χ0n) is 10.6. The van der Waals surface area contributed by atoms with Crippen LogP contribution in [0.4, 0.5) is 0 Å². The van der Waals surface area contributed by atoms with Crippen molar-refractivity contribution in [2.75, 3.05) is 20.7 Å². The van der Waals surface area contributed by atoms with E-state index in [4.69, 9.17) is 4.84 Å². The van der Waals surface area contributed by atoms with Crippen LogP contribution >= 0.6 is 0 Å². The summed E-state index contributed by atoms with van der Waals surface area (Å²) in [6, 6.07) is 14.1. The average Bonchev–Trinajstić information content (AvgIpc) is 2.44. The number of rotatable bonds is 5. The summed E-state index contributed by atoms with van der Waals surface area (Å²) in [5, 5.41) is 3.94. The summed E-state index contributed by atoms with van der Waals surface area (Å²) < 4.78 is 0. The normalized spacial score (nSPS) is 12.8. The quantitative estimate of drug-likeness (QED) is 0.755. The first-order valence-electron chi connectivity index (χ1n) is 5.86. The molecular weight excluding hydrogens is 226 g/mol. The Balaban J connectivity index is 2.30. The fraction of sp³-hybridized carbons (Fsp3) is 0.267. The second-order valence-corrected chi connectivity index (χ2v) is 4.27. The van der Waals surface area contributed by atoms with Crippen molar-refractivity contribution in [2.24, 2.45) is 0 Å². The van der Waals surface area contributed by atoms with Crippen LogP contribution < -0.4 is 0 Å². The van der Waals surface area contributed by atoms with E-state index < -0.39 is 0 Å². The highest BCUT2D eigenvalue weighted by Crippen LogP contribution is 2.21. The molecular formula is C15H16NO2. The summed E-state index contributed by atoms with van der Waals surface area (Å²) in [5.74, 6) is -0.292. The van der Waals surface area contributed by atoms with Gasteiger partial charge in [-0.05, 0) is 16.3 Å². The first kappa shape index (κ1) is 12.7. The Labute approximate surface area is 107 Å². The van der Waals surface area contributed by atoms with Crippen LogP contribution in [0, 0.1) is 0 Å². The summed E-state index contributed by atoms with van der Waals surface area (Å²) in [5.41, 5.74) is 0.965. The van der Waals surface area contributed by atoms with E-state index in [1.165, 1.54) is 5.39 Å². The van der Waals surface area contributed by atoms with Gasteiger partial charge in [-0.2, -0.15) is 5.06 Å². The van der Waals surface area contributed by atoms with Crippen LogP contribution in [-0.2, 0) is 9.63 Å². The van der Waals surface area contributed by atoms with E-state index in [0.717, 1.165) is 10.9 Å². The van der Waals surface area contributed by atoms with Gasteiger partial charge in [0.25, 0.3) is 0 Å². The zero-order valence-corrected chi connectivity index (χ0v) is 10.6. The maximum atomic E-state index is 11.1. The van der Waals surface area contributed by atoms with E-state index in [9.17, 15) is 4.79 Å². The lowest BCUT2D eigenvalue weighted by molar-refractivity contribution is -0.109. The van der Waals surface area contributed by atoms with Crippen molar-refractivity contribution in [2.45, 2.75) is 5.92 Å². The van der Waals surface area contributed by atoms with Crippen LogP contribution in [0.25, 0.3) is 10.8 Å². The number of hydroxylamine groups is 2. The van der Waals surface area contributed by atoms with Crippen LogP contribution in [0.2, 0.25) is 0 Å². The van der Waals surface area contributed by atoms with Gasteiger partial charge in [0.2, 0.25) is 6.29 Å². The molecule has 1 atom stereocenters. The highest BCUT2D eigenvalue weighted by Gasteiger charge is 2.14. The first-order valence-corrected chi connectivity index (χ1v) is 5.86. The minimum absolute atomic E-state index is 0.292. The largest absolute Gasteiger partial charge is 0.303 e. The topological polar surface area (TPSA) is 29.5 Å². The molecule has 0 amide bonds. The predicted molar refractivity (Wildman–Crippen MR) is 72.0 cm³/mol. The fourth-order valence-corrected chi connectivity index (χ4v) is 1.97. The van der Waals surface area contributed by atoms with E-state index in [-0.39, 0.29) is 5.92 Å². The molecule has 93 valence electrons. The van der Waals surface area contributed by atoms with Gasteiger partial charge in [0.05, 0.1) is 13.0 Å². The van der Waals surface area contributed by atoms with E-state index in [1.807, 2.05) is 36.4 Å². The lowest BCUT2D eigenvalue weighted by Crippen LogP contribution is -2.24. The summed E-state index contributed by atoms with van der Waals surface area (Å²) in [7, 11) is 3.38. The smallest absolute Gasteiger partial charge is 0.207 e. The maximum Gasteiger partial charge on any atom is 0.207 e. The van der Waals surface area contributed by atoms with E-state index in [2.05, 4.69) is 12.4 Å². The van der Waals surface area contributed by atoms with Crippen LogP contribution in [0.15, 0.2) is 42.5 Å². The molecule has 0 aromatic heterocycles. The van der Waals surface area contributed by atoms with E-state index in [1.54, 1.807) is 19.2 Å². The number of hydrogen-bond donors (Lipinski definition) is 0. The van der Waals surface area contributed by atoms with Crippen molar-refractivity contribution in [3.05, 3.63) is 48.0 Å². The lowest BCUT2D eigenvalue weighted by atomic mass is 9.97.